The molecule has 8 heteroatoms. The number of fused-ring (bicyclic) bond motifs is 2. The summed E-state index contributed by atoms with van der Waals surface area (Å²) in [6, 6.07) is 12.0. The highest BCUT2D eigenvalue weighted by atomic mass is 35.5. The van der Waals surface area contributed by atoms with E-state index in [1.54, 1.807) is 24.7 Å². The van der Waals surface area contributed by atoms with E-state index in [0.717, 1.165) is 38.5 Å². The molecule has 0 saturated heterocycles. The molecule has 0 saturated carbocycles. The highest BCUT2D eigenvalue weighted by molar-refractivity contribution is 6.35. The van der Waals surface area contributed by atoms with Gasteiger partial charge in [0.2, 0.25) is 0 Å². The molecule has 0 spiro atoms. The molecule has 5 rings (SSSR count). The molecule has 7 nitrogen and oxygen atoms in total. The molecule has 0 radical (unpaired) electrons. The van der Waals surface area contributed by atoms with Gasteiger partial charge in [-0.25, -0.2) is 4.98 Å². The summed E-state index contributed by atoms with van der Waals surface area (Å²) < 4.78 is 0. The van der Waals surface area contributed by atoms with E-state index in [1.807, 2.05) is 31.3 Å². The highest BCUT2D eigenvalue weighted by Gasteiger charge is 2.11. The monoisotopic (exact) mass is 442 g/mol. The maximum atomic E-state index is 12.6. The second-order valence-corrected chi connectivity index (χ2v) is 8.13. The van der Waals surface area contributed by atoms with Crippen molar-refractivity contribution in [1.82, 2.24) is 30.5 Å². The van der Waals surface area contributed by atoms with Crippen molar-refractivity contribution < 1.29 is 4.79 Å². The fourth-order valence-corrected chi connectivity index (χ4v) is 3.83. The molecule has 0 aliphatic heterocycles. The minimum absolute atomic E-state index is 0.273. The van der Waals surface area contributed by atoms with Crippen molar-refractivity contribution in [2.24, 2.45) is 0 Å². The van der Waals surface area contributed by atoms with Crippen molar-refractivity contribution in [2.45, 2.75) is 19.9 Å². The second kappa shape index (κ2) is 8.36. The zero-order valence-corrected chi connectivity index (χ0v) is 18.0. The number of amides is 1. The van der Waals surface area contributed by atoms with Gasteiger partial charge in [0.1, 0.15) is 5.65 Å². The van der Waals surface area contributed by atoms with Crippen LogP contribution in [-0.4, -0.2) is 31.1 Å². The zero-order valence-electron chi connectivity index (χ0n) is 17.3. The molecule has 4 heterocycles. The fraction of sp³-hybridized carbons (Fsp3) is 0.125. The number of carbonyl (C=O) groups excluding carboxylic acids is 1. The molecule has 2 N–H and O–H groups in total. The summed E-state index contributed by atoms with van der Waals surface area (Å²) in [5.74, 6) is -0.294. The molecule has 0 bridgehead atoms. The lowest BCUT2D eigenvalue weighted by Crippen LogP contribution is -2.24. The molecule has 158 valence electrons. The van der Waals surface area contributed by atoms with E-state index in [2.05, 4.69) is 42.6 Å². The molecule has 0 fully saturated rings. The van der Waals surface area contributed by atoms with Gasteiger partial charge in [0.25, 0.3) is 5.91 Å². The lowest BCUT2D eigenvalue weighted by atomic mass is 10.0. The van der Waals surface area contributed by atoms with Gasteiger partial charge in [-0.3, -0.25) is 9.78 Å². The lowest BCUT2D eigenvalue weighted by molar-refractivity contribution is 0.0944. The van der Waals surface area contributed by atoms with E-state index < -0.39 is 0 Å². The molecular formula is C24H19ClN6O. The van der Waals surface area contributed by atoms with Gasteiger partial charge in [0.05, 0.1) is 16.7 Å². The summed E-state index contributed by atoms with van der Waals surface area (Å²) in [5.41, 5.74) is 5.93. The summed E-state index contributed by atoms with van der Waals surface area (Å²) in [4.78, 5) is 24.4. The van der Waals surface area contributed by atoms with Crippen LogP contribution in [0.3, 0.4) is 0 Å². The zero-order chi connectivity index (χ0) is 22.1. The number of aromatic nitrogens is 5. The predicted octanol–water partition coefficient (Wildman–Crippen LogP) is 4.38. The van der Waals surface area contributed by atoms with Gasteiger partial charge in [-0.15, -0.1) is 5.10 Å². The molecule has 5 aromatic rings. The molecule has 4 aromatic heterocycles. The van der Waals surface area contributed by atoms with Crippen molar-refractivity contribution >= 4 is 39.4 Å². The van der Waals surface area contributed by atoms with Crippen LogP contribution in [-0.2, 0) is 13.0 Å². The van der Waals surface area contributed by atoms with Crippen LogP contribution in [0.4, 0.5) is 0 Å². The Balaban J connectivity index is 1.29. The van der Waals surface area contributed by atoms with Crippen LogP contribution in [0.15, 0.2) is 61.2 Å². The van der Waals surface area contributed by atoms with Gasteiger partial charge in [-0.1, -0.05) is 17.7 Å². The average Bonchev–Trinajstić information content (AvgIpc) is 3.17. The van der Waals surface area contributed by atoms with Crippen LogP contribution in [0, 0.1) is 6.92 Å². The molecule has 1 amide bonds. The summed E-state index contributed by atoms with van der Waals surface area (Å²) in [7, 11) is 0. The van der Waals surface area contributed by atoms with Crippen molar-refractivity contribution in [3.8, 4) is 0 Å². The van der Waals surface area contributed by atoms with Crippen molar-refractivity contribution in [1.29, 1.82) is 0 Å². The third-order valence-electron chi connectivity index (χ3n) is 5.22. The van der Waals surface area contributed by atoms with Crippen molar-refractivity contribution in [2.75, 3.05) is 0 Å². The minimum atomic E-state index is -0.294. The van der Waals surface area contributed by atoms with Crippen LogP contribution in [0.5, 0.6) is 0 Å². The van der Waals surface area contributed by atoms with Gasteiger partial charge < -0.3 is 10.3 Å². The minimum Gasteiger partial charge on any atom is -0.347 e. The van der Waals surface area contributed by atoms with Crippen molar-refractivity contribution in [3.05, 3.63) is 94.2 Å². The topological polar surface area (TPSA) is 96.4 Å². The molecule has 0 atom stereocenters. The quantitative estimate of drug-likeness (QED) is 0.421. The summed E-state index contributed by atoms with van der Waals surface area (Å²) in [6.07, 6.45) is 7.58. The number of benzene rings is 1. The molecule has 32 heavy (non-hydrogen) atoms. The Hall–Kier alpha value is -3.84. The number of hydrogen-bond acceptors (Lipinski definition) is 5. The number of aryl methyl sites for hydroxylation is 1. The first kappa shape index (κ1) is 20.1. The van der Waals surface area contributed by atoms with E-state index >= 15 is 0 Å². The number of aromatic amines is 1. The number of nitrogens with zero attached hydrogens (tertiary/aromatic N) is 4. The third kappa shape index (κ3) is 4.15. The third-order valence-corrected chi connectivity index (χ3v) is 5.54. The van der Waals surface area contributed by atoms with E-state index in [1.165, 1.54) is 0 Å². The normalized spacial score (nSPS) is 11.2. The number of pyridine rings is 2. The number of hydrogen-bond donors (Lipinski definition) is 2. The highest BCUT2D eigenvalue weighted by Crippen LogP contribution is 2.22. The Morgan fingerprint density at radius 3 is 2.84 bits per heavy atom. The van der Waals surface area contributed by atoms with Crippen LogP contribution in [0.2, 0.25) is 5.02 Å². The van der Waals surface area contributed by atoms with Crippen LogP contribution in [0.1, 0.15) is 32.7 Å². The van der Waals surface area contributed by atoms with Gasteiger partial charge in [0.15, 0.2) is 5.69 Å². The van der Waals surface area contributed by atoms with Gasteiger partial charge in [-0.05, 0) is 65.9 Å². The smallest absolute Gasteiger partial charge is 0.272 e. The van der Waals surface area contributed by atoms with E-state index in [-0.39, 0.29) is 11.6 Å². The van der Waals surface area contributed by atoms with Gasteiger partial charge >= 0.3 is 0 Å². The number of halogens is 1. The first-order valence-corrected chi connectivity index (χ1v) is 10.5. The second-order valence-electron chi connectivity index (χ2n) is 7.72. The van der Waals surface area contributed by atoms with Gasteiger partial charge in [0, 0.05) is 35.9 Å². The fourth-order valence-electron chi connectivity index (χ4n) is 3.64. The first-order chi connectivity index (χ1) is 15.5. The average molecular weight is 443 g/mol. The Bertz CT molecular complexity index is 1460. The standard InChI is InChI=1S/C24H19ClN6O/c1-14-4-18-6-15(2-3-21(18)26-9-14)5-16-8-22(31-30-12-16)24(32)29-11-17-7-19-20(25)13-28-23(19)27-10-17/h2-4,6-10,12-13H,5,11H2,1H3,(H,27,28)(H,29,32). The number of carbonyl (C=O) groups is 1. The Labute approximate surface area is 188 Å². The summed E-state index contributed by atoms with van der Waals surface area (Å²) >= 11 is 6.15. The largest absolute Gasteiger partial charge is 0.347 e. The Kier molecular flexibility index (Phi) is 5.25. The van der Waals surface area contributed by atoms with E-state index in [0.29, 0.717) is 23.6 Å². The molecule has 1 aromatic carbocycles. The van der Waals surface area contributed by atoms with E-state index in [9.17, 15) is 4.79 Å². The molecule has 0 aliphatic carbocycles. The predicted molar refractivity (Wildman–Crippen MR) is 124 cm³/mol. The number of H-pyrrole nitrogens is 1. The SMILES string of the molecule is Cc1cnc2ccc(Cc3cnnc(C(=O)NCc4cnc5[nH]cc(Cl)c5c4)c3)cc2c1. The number of nitrogens with one attached hydrogen (secondary N) is 2. The molecule has 0 unspecified atom stereocenters. The van der Waals surface area contributed by atoms with Crippen LogP contribution in [0.25, 0.3) is 21.9 Å². The summed E-state index contributed by atoms with van der Waals surface area (Å²) in [6.45, 7) is 2.34. The molecular weight excluding hydrogens is 424 g/mol. The van der Waals surface area contributed by atoms with Crippen molar-refractivity contribution in [3.63, 3.8) is 0 Å². The first-order valence-electron chi connectivity index (χ1n) is 10.1. The molecule has 0 aliphatic rings. The number of rotatable bonds is 5. The maximum Gasteiger partial charge on any atom is 0.272 e. The Morgan fingerprint density at radius 1 is 1.03 bits per heavy atom. The lowest BCUT2D eigenvalue weighted by Gasteiger charge is -2.07. The van der Waals surface area contributed by atoms with Gasteiger partial charge in [-0.2, -0.15) is 5.10 Å². The van der Waals surface area contributed by atoms with Crippen LogP contribution < -0.4 is 5.32 Å². The van der Waals surface area contributed by atoms with E-state index in [4.69, 9.17) is 11.6 Å². The van der Waals surface area contributed by atoms with Crippen LogP contribution >= 0.6 is 11.6 Å². The summed E-state index contributed by atoms with van der Waals surface area (Å²) in [5, 5.41) is 13.4. The Morgan fingerprint density at radius 2 is 1.94 bits per heavy atom. The maximum absolute atomic E-state index is 12.6.